The van der Waals surface area contributed by atoms with Crippen LogP contribution in [-0.2, 0) is 5.54 Å². The van der Waals surface area contributed by atoms with Crippen LogP contribution >= 0.6 is 0 Å². The minimum Gasteiger partial charge on any atom is -0.340 e. The fourth-order valence-electron chi connectivity index (χ4n) is 2.72. The van der Waals surface area contributed by atoms with Crippen molar-refractivity contribution in [3.05, 3.63) is 41.9 Å². The first-order valence-electron chi connectivity index (χ1n) is 6.56. The highest BCUT2D eigenvalue weighted by atomic mass is 15.0. The monoisotopic (exact) mass is 252 g/mol. The first kappa shape index (κ1) is 11.9. The minimum absolute atomic E-state index is 0.301. The molecule has 0 atom stereocenters. The molecule has 1 aromatic carbocycles. The smallest absolute Gasteiger partial charge is 0.126 e. The van der Waals surface area contributed by atoms with Crippen molar-refractivity contribution in [1.29, 1.82) is 5.26 Å². The van der Waals surface area contributed by atoms with Crippen molar-refractivity contribution in [1.82, 2.24) is 9.97 Å². The van der Waals surface area contributed by atoms with Gasteiger partial charge in [-0.1, -0.05) is 25.0 Å². The van der Waals surface area contributed by atoms with E-state index < -0.39 is 0 Å². The van der Waals surface area contributed by atoms with Gasteiger partial charge in [0.15, 0.2) is 0 Å². The van der Waals surface area contributed by atoms with Crippen LogP contribution < -0.4 is 5.73 Å². The van der Waals surface area contributed by atoms with Gasteiger partial charge in [-0.25, -0.2) is 4.98 Å². The molecule has 4 nitrogen and oxygen atoms in total. The van der Waals surface area contributed by atoms with Crippen LogP contribution in [0.15, 0.2) is 30.5 Å². The summed E-state index contributed by atoms with van der Waals surface area (Å²) in [5, 5.41) is 8.93. The van der Waals surface area contributed by atoms with Crippen molar-refractivity contribution < 1.29 is 0 Å². The molecule has 1 saturated carbocycles. The molecule has 4 heteroatoms. The first-order valence-corrected chi connectivity index (χ1v) is 6.56. The number of aromatic nitrogens is 2. The summed E-state index contributed by atoms with van der Waals surface area (Å²) in [4.78, 5) is 7.76. The molecule has 96 valence electrons. The molecule has 0 radical (unpaired) electrons. The van der Waals surface area contributed by atoms with Gasteiger partial charge in [0.2, 0.25) is 0 Å². The van der Waals surface area contributed by atoms with E-state index in [2.05, 4.69) is 16.0 Å². The fraction of sp³-hybridized carbons (Fsp3) is 0.333. The van der Waals surface area contributed by atoms with Gasteiger partial charge in [0.1, 0.15) is 5.82 Å². The highest BCUT2D eigenvalue weighted by molar-refractivity contribution is 5.61. The van der Waals surface area contributed by atoms with Crippen molar-refractivity contribution in [3.8, 4) is 17.3 Å². The number of aromatic amines is 1. The van der Waals surface area contributed by atoms with Crippen LogP contribution in [0.1, 0.15) is 37.1 Å². The molecule has 1 aliphatic carbocycles. The van der Waals surface area contributed by atoms with Crippen LogP contribution in [0.5, 0.6) is 0 Å². The average molecular weight is 252 g/mol. The third kappa shape index (κ3) is 2.13. The van der Waals surface area contributed by atoms with Crippen molar-refractivity contribution in [2.45, 2.75) is 31.2 Å². The van der Waals surface area contributed by atoms with Crippen molar-refractivity contribution >= 4 is 0 Å². The van der Waals surface area contributed by atoms with Gasteiger partial charge in [-0.2, -0.15) is 5.26 Å². The Balaban J connectivity index is 1.95. The predicted octanol–water partition coefficient (Wildman–Crippen LogP) is 2.68. The van der Waals surface area contributed by atoms with E-state index in [0.29, 0.717) is 5.56 Å². The van der Waals surface area contributed by atoms with E-state index in [0.717, 1.165) is 42.8 Å². The van der Waals surface area contributed by atoms with Gasteiger partial charge in [0.25, 0.3) is 0 Å². The van der Waals surface area contributed by atoms with Crippen LogP contribution in [0.4, 0.5) is 0 Å². The fourth-order valence-corrected chi connectivity index (χ4v) is 2.72. The van der Waals surface area contributed by atoms with Gasteiger partial charge in [-0.3, -0.25) is 0 Å². The summed E-state index contributed by atoms with van der Waals surface area (Å²) in [6.45, 7) is 0. The van der Waals surface area contributed by atoms with E-state index >= 15 is 0 Å². The number of H-pyrrole nitrogens is 1. The van der Waals surface area contributed by atoms with E-state index in [-0.39, 0.29) is 5.54 Å². The Labute approximate surface area is 112 Å². The van der Waals surface area contributed by atoms with Crippen molar-refractivity contribution in [2.75, 3.05) is 0 Å². The van der Waals surface area contributed by atoms with Crippen molar-refractivity contribution in [2.24, 2.45) is 5.73 Å². The van der Waals surface area contributed by atoms with E-state index in [1.54, 1.807) is 12.3 Å². The maximum absolute atomic E-state index is 8.93. The third-order valence-corrected chi connectivity index (χ3v) is 3.85. The Morgan fingerprint density at radius 1 is 1.32 bits per heavy atom. The second-order valence-corrected chi connectivity index (χ2v) is 5.20. The molecule has 3 rings (SSSR count). The Morgan fingerprint density at radius 2 is 2.11 bits per heavy atom. The molecular formula is C15H16N4. The van der Waals surface area contributed by atoms with Gasteiger partial charge in [-0.05, 0) is 25.0 Å². The Hall–Kier alpha value is -2.12. The number of nitrogens with one attached hydrogen (secondary N) is 1. The zero-order chi connectivity index (χ0) is 13.3. The molecule has 0 saturated heterocycles. The normalized spacial score (nSPS) is 17.3. The minimum atomic E-state index is -0.301. The lowest BCUT2D eigenvalue weighted by Crippen LogP contribution is -2.34. The predicted molar refractivity (Wildman–Crippen MR) is 73.1 cm³/mol. The SMILES string of the molecule is N#Cc1cccc(-c2cnc(C3(N)CCCC3)[nH]2)c1. The summed E-state index contributed by atoms with van der Waals surface area (Å²) in [7, 11) is 0. The lowest BCUT2D eigenvalue weighted by atomic mass is 9.98. The number of benzene rings is 1. The molecule has 2 aromatic rings. The van der Waals surface area contributed by atoms with Crippen molar-refractivity contribution in [3.63, 3.8) is 0 Å². The molecule has 0 bridgehead atoms. The molecular weight excluding hydrogens is 236 g/mol. The van der Waals surface area contributed by atoms with E-state index in [1.165, 1.54) is 0 Å². The van der Waals surface area contributed by atoms with Crippen LogP contribution in [0, 0.1) is 11.3 Å². The van der Waals surface area contributed by atoms with Gasteiger partial charge in [0, 0.05) is 5.56 Å². The number of hydrogen-bond donors (Lipinski definition) is 2. The maximum atomic E-state index is 8.93. The largest absolute Gasteiger partial charge is 0.340 e. The standard InChI is InChI=1S/C15H16N4/c16-9-11-4-3-5-12(8-11)13-10-18-14(19-13)15(17)6-1-2-7-15/h3-5,8,10H,1-2,6-7,17H2,(H,18,19). The molecule has 0 aliphatic heterocycles. The van der Waals surface area contributed by atoms with E-state index in [9.17, 15) is 0 Å². The van der Waals surface area contributed by atoms with Gasteiger partial charge >= 0.3 is 0 Å². The number of nitrogens with two attached hydrogens (primary N) is 1. The Kier molecular flexibility index (Phi) is 2.84. The Bertz CT molecular complexity index is 630. The highest BCUT2D eigenvalue weighted by Gasteiger charge is 2.33. The van der Waals surface area contributed by atoms with E-state index in [1.807, 2.05) is 18.2 Å². The Morgan fingerprint density at radius 3 is 2.84 bits per heavy atom. The zero-order valence-electron chi connectivity index (χ0n) is 10.7. The number of rotatable bonds is 2. The molecule has 19 heavy (non-hydrogen) atoms. The molecule has 1 aromatic heterocycles. The summed E-state index contributed by atoms with van der Waals surface area (Å²) in [6, 6.07) is 9.64. The van der Waals surface area contributed by atoms with Crippen LogP contribution in [0.2, 0.25) is 0 Å². The van der Waals surface area contributed by atoms with Crippen LogP contribution in [0.3, 0.4) is 0 Å². The zero-order valence-corrected chi connectivity index (χ0v) is 10.7. The first-order chi connectivity index (χ1) is 9.21. The quantitative estimate of drug-likeness (QED) is 0.862. The molecule has 0 amide bonds. The van der Waals surface area contributed by atoms with Crippen LogP contribution in [-0.4, -0.2) is 9.97 Å². The molecule has 0 unspecified atom stereocenters. The van der Waals surface area contributed by atoms with E-state index in [4.69, 9.17) is 11.0 Å². The second-order valence-electron chi connectivity index (χ2n) is 5.20. The van der Waals surface area contributed by atoms with Gasteiger partial charge in [-0.15, -0.1) is 0 Å². The second kappa shape index (κ2) is 4.52. The maximum Gasteiger partial charge on any atom is 0.126 e. The number of nitriles is 1. The lowest BCUT2D eigenvalue weighted by Gasteiger charge is -2.20. The number of hydrogen-bond acceptors (Lipinski definition) is 3. The highest BCUT2D eigenvalue weighted by Crippen LogP contribution is 2.35. The number of nitrogens with zero attached hydrogens (tertiary/aromatic N) is 2. The molecule has 0 spiro atoms. The summed E-state index contributed by atoms with van der Waals surface area (Å²) in [5.41, 5.74) is 8.62. The topological polar surface area (TPSA) is 78.5 Å². The lowest BCUT2D eigenvalue weighted by molar-refractivity contribution is 0.436. The van der Waals surface area contributed by atoms with Crippen LogP contribution in [0.25, 0.3) is 11.3 Å². The average Bonchev–Trinajstić information content (AvgIpc) is 3.08. The molecule has 1 fully saturated rings. The molecule has 1 heterocycles. The molecule has 1 aliphatic rings. The number of imidazole rings is 1. The molecule has 3 N–H and O–H groups in total. The third-order valence-electron chi connectivity index (χ3n) is 3.85. The summed E-state index contributed by atoms with van der Waals surface area (Å²) in [6.07, 6.45) is 6.10. The summed E-state index contributed by atoms with van der Waals surface area (Å²) < 4.78 is 0. The summed E-state index contributed by atoms with van der Waals surface area (Å²) >= 11 is 0. The summed E-state index contributed by atoms with van der Waals surface area (Å²) in [5.74, 6) is 0.863. The van der Waals surface area contributed by atoms with Gasteiger partial charge < -0.3 is 10.7 Å². The van der Waals surface area contributed by atoms with Gasteiger partial charge in [0.05, 0.1) is 29.1 Å².